The molecule has 2 aliphatic rings. The average Bonchev–Trinajstić information content (AvgIpc) is 3.14. The molecule has 2 aromatic carbocycles. The first kappa shape index (κ1) is 21.6. The number of piperazine rings is 1. The highest BCUT2D eigenvalue weighted by molar-refractivity contribution is 8.01. The summed E-state index contributed by atoms with van der Waals surface area (Å²) in [6.07, 6.45) is 1.81. The molecule has 1 aromatic heterocycles. The third kappa shape index (κ3) is 4.60. The number of fused-ring (bicyclic) bond motifs is 2. The molecule has 0 saturated carbocycles. The van der Waals surface area contributed by atoms with Crippen molar-refractivity contribution in [3.63, 3.8) is 0 Å². The maximum absolute atomic E-state index is 13.5. The van der Waals surface area contributed by atoms with Crippen molar-refractivity contribution in [3.05, 3.63) is 70.6 Å². The number of nitrogens with one attached hydrogen (secondary N) is 1. The van der Waals surface area contributed by atoms with Gasteiger partial charge in [-0.25, -0.2) is 14.4 Å². The quantitative estimate of drug-likeness (QED) is 0.523. The molecule has 0 aliphatic carbocycles. The number of amidine groups is 1. The molecular formula is C25H27FN4S2. The Morgan fingerprint density at radius 2 is 2.06 bits per heavy atom. The number of aliphatic imine (C=N–C) groups is 1. The normalized spacial score (nSPS) is 18.2. The van der Waals surface area contributed by atoms with Gasteiger partial charge < -0.3 is 10.2 Å². The summed E-state index contributed by atoms with van der Waals surface area (Å²) in [6, 6.07) is 15.6. The second-order valence-corrected chi connectivity index (χ2v) is 11.0. The zero-order valence-electron chi connectivity index (χ0n) is 18.3. The lowest BCUT2D eigenvalue weighted by Crippen LogP contribution is -2.53. The molecule has 1 atom stereocenters. The Balaban J connectivity index is 1.41. The number of rotatable bonds is 4. The van der Waals surface area contributed by atoms with Gasteiger partial charge in [0, 0.05) is 36.5 Å². The smallest absolute Gasteiger partial charge is 0.157 e. The molecule has 1 fully saturated rings. The van der Waals surface area contributed by atoms with Crippen molar-refractivity contribution < 1.29 is 4.39 Å². The van der Waals surface area contributed by atoms with Gasteiger partial charge in [-0.05, 0) is 42.7 Å². The van der Waals surface area contributed by atoms with Crippen LogP contribution in [0, 0.1) is 5.82 Å². The molecule has 0 amide bonds. The summed E-state index contributed by atoms with van der Waals surface area (Å²) >= 11 is 3.57. The van der Waals surface area contributed by atoms with E-state index >= 15 is 0 Å². The summed E-state index contributed by atoms with van der Waals surface area (Å²) in [5.41, 5.74) is 3.08. The van der Waals surface area contributed by atoms with Crippen LogP contribution in [0.1, 0.15) is 42.5 Å². The van der Waals surface area contributed by atoms with Crippen LogP contribution in [-0.4, -0.2) is 41.4 Å². The van der Waals surface area contributed by atoms with Gasteiger partial charge in [0.05, 0.1) is 14.9 Å². The fraction of sp³-hybridized carbons (Fsp3) is 0.360. The average molecular weight is 467 g/mol. The van der Waals surface area contributed by atoms with E-state index in [4.69, 9.17) is 9.98 Å². The van der Waals surface area contributed by atoms with Crippen molar-refractivity contribution in [1.82, 2.24) is 15.2 Å². The molecule has 166 valence electrons. The standard InChI is InChI=1S/C25H27FN4S2/c1-16(2)24-29-22-23(28-20-8-3-4-9-21(20)31-25(22)32-24)30-13-12-27-19(15-30)11-10-17-6-5-7-18(26)14-17/h3-9,14,16,19,27H,10-13,15H2,1-2H3. The Bertz CT molecular complexity index is 1140. The van der Waals surface area contributed by atoms with Gasteiger partial charge in [0.25, 0.3) is 0 Å². The number of hydrogen-bond donors (Lipinski definition) is 1. The molecule has 3 aromatic rings. The molecule has 0 spiro atoms. The fourth-order valence-corrected chi connectivity index (χ4v) is 6.43. The van der Waals surface area contributed by atoms with E-state index in [2.05, 4.69) is 42.3 Å². The highest BCUT2D eigenvalue weighted by Gasteiger charge is 2.29. The first-order chi connectivity index (χ1) is 15.6. The van der Waals surface area contributed by atoms with E-state index in [0.717, 1.165) is 60.3 Å². The minimum absolute atomic E-state index is 0.165. The number of aromatic nitrogens is 1. The van der Waals surface area contributed by atoms with Gasteiger partial charge in [0.1, 0.15) is 11.5 Å². The Labute approximate surface area is 197 Å². The summed E-state index contributed by atoms with van der Waals surface area (Å²) in [5, 5.41) is 4.80. The summed E-state index contributed by atoms with van der Waals surface area (Å²) in [6.45, 7) is 7.06. The Morgan fingerprint density at radius 3 is 2.91 bits per heavy atom. The lowest BCUT2D eigenvalue weighted by atomic mass is 10.0. The van der Waals surface area contributed by atoms with Crippen LogP contribution in [0.15, 0.2) is 62.6 Å². The largest absolute Gasteiger partial charge is 0.352 e. The van der Waals surface area contributed by atoms with Crippen LogP contribution in [0.5, 0.6) is 0 Å². The highest BCUT2D eigenvalue weighted by atomic mass is 32.2. The molecule has 4 nitrogen and oxygen atoms in total. The molecule has 5 rings (SSSR count). The number of hydrogen-bond acceptors (Lipinski definition) is 6. The first-order valence-corrected chi connectivity index (χ1v) is 12.8. The Morgan fingerprint density at radius 1 is 1.19 bits per heavy atom. The van der Waals surface area contributed by atoms with Crippen LogP contribution in [-0.2, 0) is 6.42 Å². The third-order valence-electron chi connectivity index (χ3n) is 5.84. The molecule has 1 saturated heterocycles. The zero-order chi connectivity index (χ0) is 22.1. The van der Waals surface area contributed by atoms with Crippen LogP contribution < -0.4 is 5.32 Å². The monoisotopic (exact) mass is 466 g/mol. The van der Waals surface area contributed by atoms with Crippen LogP contribution in [0.2, 0.25) is 0 Å². The van der Waals surface area contributed by atoms with Crippen molar-refractivity contribution >= 4 is 34.6 Å². The fourth-order valence-electron chi connectivity index (χ4n) is 4.15. The van der Waals surface area contributed by atoms with Crippen LogP contribution in [0.25, 0.3) is 0 Å². The molecule has 0 radical (unpaired) electrons. The predicted molar refractivity (Wildman–Crippen MR) is 131 cm³/mol. The number of thiazole rings is 1. The van der Waals surface area contributed by atoms with Crippen LogP contribution >= 0.6 is 23.1 Å². The molecule has 1 unspecified atom stereocenters. The van der Waals surface area contributed by atoms with Gasteiger partial charge in [-0.2, -0.15) is 0 Å². The second kappa shape index (κ2) is 9.33. The van der Waals surface area contributed by atoms with Gasteiger partial charge in [-0.15, -0.1) is 11.3 Å². The molecular weight excluding hydrogens is 439 g/mol. The number of benzene rings is 2. The van der Waals surface area contributed by atoms with Gasteiger partial charge in [0.2, 0.25) is 0 Å². The van der Waals surface area contributed by atoms with E-state index in [1.165, 1.54) is 15.2 Å². The molecule has 3 heterocycles. The molecule has 1 N–H and O–H groups in total. The van der Waals surface area contributed by atoms with Crippen molar-refractivity contribution in [1.29, 1.82) is 0 Å². The van der Waals surface area contributed by atoms with Gasteiger partial charge >= 0.3 is 0 Å². The lowest BCUT2D eigenvalue weighted by molar-refractivity contribution is 0.281. The Kier molecular flexibility index (Phi) is 6.31. The third-order valence-corrected chi connectivity index (χ3v) is 8.43. The van der Waals surface area contributed by atoms with Gasteiger partial charge in [-0.3, -0.25) is 0 Å². The summed E-state index contributed by atoms with van der Waals surface area (Å²) < 4.78 is 14.8. The number of para-hydroxylation sites is 1. The molecule has 2 aliphatic heterocycles. The Hall–Kier alpha value is -2.22. The molecule has 0 bridgehead atoms. The van der Waals surface area contributed by atoms with Crippen LogP contribution in [0.4, 0.5) is 10.1 Å². The molecule has 32 heavy (non-hydrogen) atoms. The van der Waals surface area contributed by atoms with E-state index in [1.54, 1.807) is 35.2 Å². The predicted octanol–water partition coefficient (Wildman–Crippen LogP) is 5.86. The maximum Gasteiger partial charge on any atom is 0.157 e. The number of aryl methyl sites for hydroxylation is 1. The van der Waals surface area contributed by atoms with E-state index < -0.39 is 0 Å². The van der Waals surface area contributed by atoms with Crippen molar-refractivity contribution in [3.8, 4) is 0 Å². The van der Waals surface area contributed by atoms with Crippen molar-refractivity contribution in [2.24, 2.45) is 4.99 Å². The van der Waals surface area contributed by atoms with E-state index in [0.29, 0.717) is 12.0 Å². The van der Waals surface area contributed by atoms with E-state index in [-0.39, 0.29) is 5.82 Å². The van der Waals surface area contributed by atoms with E-state index in [9.17, 15) is 4.39 Å². The van der Waals surface area contributed by atoms with Crippen molar-refractivity contribution in [2.75, 3.05) is 19.6 Å². The number of nitrogens with zero attached hydrogens (tertiary/aromatic N) is 3. The summed E-state index contributed by atoms with van der Waals surface area (Å²) in [7, 11) is 0. The minimum Gasteiger partial charge on any atom is -0.352 e. The van der Waals surface area contributed by atoms with Gasteiger partial charge in [0.15, 0.2) is 5.84 Å². The zero-order valence-corrected chi connectivity index (χ0v) is 20.0. The number of halogens is 1. The first-order valence-electron chi connectivity index (χ1n) is 11.2. The van der Waals surface area contributed by atoms with Crippen molar-refractivity contribution in [2.45, 2.75) is 47.8 Å². The second-order valence-electron chi connectivity index (χ2n) is 8.61. The summed E-state index contributed by atoms with van der Waals surface area (Å²) in [4.78, 5) is 13.7. The highest BCUT2D eigenvalue weighted by Crippen LogP contribution is 2.44. The minimum atomic E-state index is -0.165. The SMILES string of the molecule is CC(C)c1nc2c(s1)Sc1ccccc1N=C2N1CCNC(CCc2cccc(F)c2)C1. The lowest BCUT2D eigenvalue weighted by Gasteiger charge is -2.35. The van der Waals surface area contributed by atoms with E-state index in [1.807, 2.05) is 12.1 Å². The van der Waals surface area contributed by atoms with Gasteiger partial charge in [-0.1, -0.05) is 49.9 Å². The summed E-state index contributed by atoms with van der Waals surface area (Å²) in [5.74, 6) is 1.21. The van der Waals surface area contributed by atoms with Crippen LogP contribution in [0.3, 0.4) is 0 Å². The maximum atomic E-state index is 13.5. The molecule has 7 heteroatoms. The topological polar surface area (TPSA) is 40.5 Å².